The minimum atomic E-state index is -0.176. The second-order valence-corrected chi connectivity index (χ2v) is 10.00. The Morgan fingerprint density at radius 2 is 1.89 bits per heavy atom. The van der Waals surface area contributed by atoms with E-state index in [-0.39, 0.29) is 16.9 Å². The van der Waals surface area contributed by atoms with E-state index < -0.39 is 0 Å². The summed E-state index contributed by atoms with van der Waals surface area (Å²) in [6.45, 7) is 4.51. The van der Waals surface area contributed by atoms with E-state index in [1.54, 1.807) is 11.1 Å². The molecule has 2 N–H and O–H groups in total. The Bertz CT molecular complexity index is 877. The van der Waals surface area contributed by atoms with E-state index in [1.807, 2.05) is 6.08 Å². The fourth-order valence-electron chi connectivity index (χ4n) is 7.11. The molecule has 5 rings (SSSR count). The van der Waals surface area contributed by atoms with Crippen molar-refractivity contribution in [1.29, 1.82) is 0 Å². The Kier molecular flexibility index (Phi) is 4.14. The molecular formula is C26H32O2. The number of allylic oxidation sites excluding steroid dienone is 4. The second kappa shape index (κ2) is 6.35. The van der Waals surface area contributed by atoms with Gasteiger partial charge in [-0.15, -0.1) is 0 Å². The molecular weight excluding hydrogens is 344 g/mol. The normalized spacial score (nSPS) is 39.6. The monoisotopic (exact) mass is 376 g/mol. The first-order chi connectivity index (χ1) is 13.4. The van der Waals surface area contributed by atoms with Gasteiger partial charge >= 0.3 is 0 Å². The summed E-state index contributed by atoms with van der Waals surface area (Å²) in [5.41, 5.74) is 6.12. The second-order valence-electron chi connectivity index (χ2n) is 10.00. The third kappa shape index (κ3) is 2.57. The standard InChI is InChI=1S/C26H32O2/c1-17-20-8-9-22-23-14-19(27)16-25(23,2)12-13-26(22,21(20)10-11-24(17)28)15-18-6-4-3-5-7-18/h3-7,10-11,19-21,27-28H,8-9,12-16H2,1-2H3/t19-,20?,21?,25-,26-/m1/s1. The molecule has 4 aliphatic rings. The van der Waals surface area contributed by atoms with Gasteiger partial charge in [0.15, 0.2) is 0 Å². The zero-order chi connectivity index (χ0) is 19.5. The lowest BCUT2D eigenvalue weighted by Crippen LogP contribution is -2.47. The van der Waals surface area contributed by atoms with Gasteiger partial charge in [0.25, 0.3) is 0 Å². The summed E-state index contributed by atoms with van der Waals surface area (Å²) in [4.78, 5) is 0. The zero-order valence-corrected chi connectivity index (χ0v) is 17.1. The summed E-state index contributed by atoms with van der Waals surface area (Å²) in [6.07, 6.45) is 11.5. The minimum absolute atomic E-state index is 0.127. The van der Waals surface area contributed by atoms with Crippen LogP contribution in [-0.2, 0) is 6.42 Å². The van der Waals surface area contributed by atoms with Gasteiger partial charge in [-0.3, -0.25) is 0 Å². The van der Waals surface area contributed by atoms with Crippen molar-refractivity contribution in [2.75, 3.05) is 0 Å². The summed E-state index contributed by atoms with van der Waals surface area (Å²) in [5.74, 6) is 1.36. The molecule has 1 aromatic rings. The Labute approximate surface area is 168 Å². The molecule has 0 amide bonds. The number of aliphatic hydroxyl groups is 2. The molecule has 5 atom stereocenters. The summed E-state index contributed by atoms with van der Waals surface area (Å²) in [6, 6.07) is 10.9. The van der Waals surface area contributed by atoms with E-state index in [0.717, 1.165) is 32.1 Å². The van der Waals surface area contributed by atoms with Gasteiger partial charge in [0, 0.05) is 5.41 Å². The van der Waals surface area contributed by atoms with Gasteiger partial charge in [-0.1, -0.05) is 54.5 Å². The lowest BCUT2D eigenvalue weighted by Gasteiger charge is -2.56. The highest BCUT2D eigenvalue weighted by molar-refractivity contribution is 5.43. The van der Waals surface area contributed by atoms with Crippen molar-refractivity contribution in [2.24, 2.45) is 22.7 Å². The van der Waals surface area contributed by atoms with Gasteiger partial charge in [0.1, 0.15) is 5.76 Å². The number of aliphatic hydroxyl groups excluding tert-OH is 2. The Hall–Kier alpha value is -1.80. The number of benzene rings is 1. The van der Waals surface area contributed by atoms with E-state index in [0.29, 0.717) is 17.6 Å². The van der Waals surface area contributed by atoms with Crippen molar-refractivity contribution < 1.29 is 10.2 Å². The molecule has 2 unspecified atom stereocenters. The molecule has 28 heavy (non-hydrogen) atoms. The number of rotatable bonds is 2. The quantitative estimate of drug-likeness (QED) is 0.631. The highest BCUT2D eigenvalue weighted by atomic mass is 16.3. The van der Waals surface area contributed by atoms with Crippen LogP contribution in [0.5, 0.6) is 0 Å². The molecule has 0 aliphatic heterocycles. The number of hydrogen-bond donors (Lipinski definition) is 2. The molecule has 0 heterocycles. The van der Waals surface area contributed by atoms with Gasteiger partial charge in [-0.2, -0.15) is 0 Å². The lowest BCUT2D eigenvalue weighted by atomic mass is 9.48. The maximum atomic E-state index is 10.5. The maximum absolute atomic E-state index is 10.5. The molecule has 2 fully saturated rings. The SMILES string of the molecule is CC1=C(O)C=CC2C1CCC1=C3C[C@@H](O)C[C@@]3(C)CC[C@]12Cc1ccccc1. The number of fused-ring (bicyclic) bond motifs is 4. The molecule has 2 saturated carbocycles. The molecule has 0 bridgehead atoms. The van der Waals surface area contributed by atoms with Crippen molar-refractivity contribution in [3.8, 4) is 0 Å². The fraction of sp³-hybridized carbons (Fsp3) is 0.538. The van der Waals surface area contributed by atoms with Crippen molar-refractivity contribution in [2.45, 2.75) is 64.9 Å². The van der Waals surface area contributed by atoms with Crippen LogP contribution in [0.4, 0.5) is 0 Å². The van der Waals surface area contributed by atoms with E-state index in [9.17, 15) is 10.2 Å². The first-order valence-corrected chi connectivity index (χ1v) is 11.0. The van der Waals surface area contributed by atoms with Crippen molar-refractivity contribution >= 4 is 0 Å². The van der Waals surface area contributed by atoms with Crippen LogP contribution in [0.15, 0.2) is 65.0 Å². The summed E-state index contributed by atoms with van der Waals surface area (Å²) in [7, 11) is 0. The first kappa shape index (κ1) is 18.2. The van der Waals surface area contributed by atoms with Gasteiger partial charge in [0.05, 0.1) is 6.10 Å². The third-order valence-electron chi connectivity index (χ3n) is 8.50. The van der Waals surface area contributed by atoms with E-state index in [1.165, 1.54) is 24.0 Å². The summed E-state index contributed by atoms with van der Waals surface area (Å²) >= 11 is 0. The average molecular weight is 377 g/mol. The van der Waals surface area contributed by atoms with Crippen molar-refractivity contribution in [3.63, 3.8) is 0 Å². The van der Waals surface area contributed by atoms with Crippen LogP contribution in [0.1, 0.15) is 57.9 Å². The molecule has 2 heteroatoms. The largest absolute Gasteiger partial charge is 0.508 e. The van der Waals surface area contributed by atoms with Crippen LogP contribution in [0, 0.1) is 22.7 Å². The average Bonchev–Trinajstić information content (AvgIpc) is 2.99. The van der Waals surface area contributed by atoms with E-state index in [4.69, 9.17) is 0 Å². The third-order valence-corrected chi connectivity index (χ3v) is 8.50. The lowest BCUT2D eigenvalue weighted by molar-refractivity contribution is 0.0914. The molecule has 0 spiro atoms. The number of hydrogen-bond acceptors (Lipinski definition) is 2. The molecule has 0 radical (unpaired) electrons. The Morgan fingerprint density at radius 3 is 2.68 bits per heavy atom. The van der Waals surface area contributed by atoms with Crippen LogP contribution >= 0.6 is 0 Å². The van der Waals surface area contributed by atoms with E-state index >= 15 is 0 Å². The fourth-order valence-corrected chi connectivity index (χ4v) is 7.11. The van der Waals surface area contributed by atoms with Gasteiger partial charge < -0.3 is 10.2 Å². The van der Waals surface area contributed by atoms with Crippen LogP contribution < -0.4 is 0 Å². The Morgan fingerprint density at radius 1 is 1.11 bits per heavy atom. The van der Waals surface area contributed by atoms with Crippen LogP contribution in [0.25, 0.3) is 0 Å². The van der Waals surface area contributed by atoms with E-state index in [2.05, 4.69) is 50.3 Å². The molecule has 2 nitrogen and oxygen atoms in total. The van der Waals surface area contributed by atoms with Crippen molar-refractivity contribution in [3.05, 3.63) is 70.5 Å². The molecule has 0 aromatic heterocycles. The summed E-state index contributed by atoms with van der Waals surface area (Å²) < 4.78 is 0. The first-order valence-electron chi connectivity index (χ1n) is 11.0. The van der Waals surface area contributed by atoms with Gasteiger partial charge in [0.2, 0.25) is 0 Å². The van der Waals surface area contributed by atoms with Crippen LogP contribution in [0.3, 0.4) is 0 Å². The summed E-state index contributed by atoms with van der Waals surface area (Å²) in [5, 5.41) is 20.9. The Balaban J connectivity index is 1.66. The molecule has 4 aliphatic carbocycles. The van der Waals surface area contributed by atoms with Crippen LogP contribution in [0.2, 0.25) is 0 Å². The topological polar surface area (TPSA) is 40.5 Å². The van der Waals surface area contributed by atoms with Crippen molar-refractivity contribution in [1.82, 2.24) is 0 Å². The molecule has 1 aromatic carbocycles. The van der Waals surface area contributed by atoms with Gasteiger partial charge in [-0.25, -0.2) is 0 Å². The smallest absolute Gasteiger partial charge is 0.114 e. The maximum Gasteiger partial charge on any atom is 0.114 e. The van der Waals surface area contributed by atoms with Gasteiger partial charge in [-0.05, 0) is 86.3 Å². The highest BCUT2D eigenvalue weighted by Crippen LogP contribution is 2.65. The molecule has 148 valence electrons. The predicted molar refractivity (Wildman–Crippen MR) is 113 cm³/mol. The minimum Gasteiger partial charge on any atom is -0.508 e. The molecule has 0 saturated heterocycles. The highest BCUT2D eigenvalue weighted by Gasteiger charge is 2.56. The predicted octanol–water partition coefficient (Wildman–Crippen LogP) is 5.89. The van der Waals surface area contributed by atoms with Crippen LogP contribution in [-0.4, -0.2) is 16.3 Å². The zero-order valence-electron chi connectivity index (χ0n) is 17.1.